The van der Waals surface area contributed by atoms with Crippen molar-refractivity contribution in [3.05, 3.63) is 50.6 Å². The maximum atomic E-state index is 8.50. The van der Waals surface area contributed by atoms with Crippen molar-refractivity contribution in [3.63, 3.8) is 0 Å². The summed E-state index contributed by atoms with van der Waals surface area (Å²) in [6.45, 7) is 0.540. The van der Waals surface area contributed by atoms with Crippen LogP contribution in [0.2, 0.25) is 0 Å². The van der Waals surface area contributed by atoms with Crippen LogP contribution in [0, 0.1) is 0 Å². The summed E-state index contributed by atoms with van der Waals surface area (Å²) in [4.78, 5) is 1.15. The van der Waals surface area contributed by atoms with Gasteiger partial charge in [-0.25, -0.2) is 0 Å². The molecule has 6 heteroatoms. The first kappa shape index (κ1) is 13.9. The molecule has 0 unspecified atom stereocenters. The SMILES string of the molecule is NC(Cc1ccc(OCc2sccc2Br)cc1)=NO. The van der Waals surface area contributed by atoms with Crippen molar-refractivity contribution >= 4 is 33.1 Å². The van der Waals surface area contributed by atoms with E-state index in [9.17, 15) is 0 Å². The van der Waals surface area contributed by atoms with Crippen molar-refractivity contribution in [2.45, 2.75) is 13.0 Å². The van der Waals surface area contributed by atoms with Gasteiger partial charge in [-0.2, -0.15) is 0 Å². The van der Waals surface area contributed by atoms with Gasteiger partial charge in [0.05, 0.1) is 4.88 Å². The van der Waals surface area contributed by atoms with Crippen molar-refractivity contribution in [2.24, 2.45) is 10.9 Å². The van der Waals surface area contributed by atoms with E-state index in [0.29, 0.717) is 13.0 Å². The Labute approximate surface area is 123 Å². The van der Waals surface area contributed by atoms with Gasteiger partial charge in [-0.3, -0.25) is 0 Å². The summed E-state index contributed by atoms with van der Waals surface area (Å²) in [7, 11) is 0. The predicted molar refractivity (Wildman–Crippen MR) is 79.9 cm³/mol. The first-order valence-electron chi connectivity index (χ1n) is 5.59. The molecule has 4 nitrogen and oxygen atoms in total. The normalized spacial score (nSPS) is 11.5. The van der Waals surface area contributed by atoms with Gasteiger partial charge >= 0.3 is 0 Å². The fourth-order valence-electron chi connectivity index (χ4n) is 1.52. The summed E-state index contributed by atoms with van der Waals surface area (Å²) in [5, 5.41) is 13.5. The van der Waals surface area contributed by atoms with E-state index in [-0.39, 0.29) is 5.84 Å². The molecule has 0 saturated heterocycles. The van der Waals surface area contributed by atoms with Gasteiger partial charge in [0.25, 0.3) is 0 Å². The molecule has 0 aliphatic rings. The quantitative estimate of drug-likeness (QED) is 0.379. The summed E-state index contributed by atoms with van der Waals surface area (Å²) in [6, 6.07) is 9.56. The molecule has 0 fully saturated rings. The number of rotatable bonds is 5. The first-order chi connectivity index (χ1) is 9.19. The standard InChI is InChI=1S/C13H13BrN2O2S/c14-11-5-6-19-12(11)8-18-10-3-1-9(2-4-10)7-13(15)16-17/h1-6,17H,7-8H2,(H2,15,16). The van der Waals surface area contributed by atoms with Gasteiger partial charge in [0.2, 0.25) is 0 Å². The molecule has 0 bridgehead atoms. The Morgan fingerprint density at radius 1 is 1.32 bits per heavy atom. The molecule has 0 radical (unpaired) electrons. The van der Waals surface area contributed by atoms with Gasteiger partial charge in [-0.15, -0.1) is 11.3 Å². The minimum absolute atomic E-state index is 0.191. The van der Waals surface area contributed by atoms with E-state index in [1.54, 1.807) is 11.3 Å². The van der Waals surface area contributed by atoms with Crippen LogP contribution >= 0.6 is 27.3 Å². The Morgan fingerprint density at radius 2 is 2.05 bits per heavy atom. The lowest BCUT2D eigenvalue weighted by atomic mass is 10.1. The Balaban J connectivity index is 1.94. The van der Waals surface area contributed by atoms with Crippen LogP contribution < -0.4 is 10.5 Å². The minimum Gasteiger partial charge on any atom is -0.488 e. The lowest BCUT2D eigenvalue weighted by Gasteiger charge is -2.06. The highest BCUT2D eigenvalue weighted by molar-refractivity contribution is 9.10. The summed E-state index contributed by atoms with van der Waals surface area (Å²) < 4.78 is 6.76. The minimum atomic E-state index is 0.191. The number of halogens is 1. The number of benzene rings is 1. The number of oxime groups is 1. The Morgan fingerprint density at radius 3 is 2.63 bits per heavy atom. The van der Waals surface area contributed by atoms with Crippen LogP contribution in [-0.4, -0.2) is 11.0 Å². The van der Waals surface area contributed by atoms with E-state index in [4.69, 9.17) is 15.7 Å². The van der Waals surface area contributed by atoms with Gasteiger partial charge in [-0.1, -0.05) is 17.3 Å². The van der Waals surface area contributed by atoms with E-state index in [0.717, 1.165) is 20.7 Å². The van der Waals surface area contributed by atoms with E-state index in [2.05, 4.69) is 21.1 Å². The number of thiophene rings is 1. The molecule has 3 N–H and O–H groups in total. The fraction of sp³-hybridized carbons (Fsp3) is 0.154. The highest BCUT2D eigenvalue weighted by Gasteiger charge is 2.03. The topological polar surface area (TPSA) is 67.8 Å². The highest BCUT2D eigenvalue weighted by Crippen LogP contribution is 2.24. The molecule has 1 aromatic carbocycles. The zero-order valence-corrected chi connectivity index (χ0v) is 12.4. The average molecular weight is 341 g/mol. The van der Waals surface area contributed by atoms with E-state index in [1.807, 2.05) is 35.7 Å². The van der Waals surface area contributed by atoms with Crippen LogP contribution in [0.15, 0.2) is 45.3 Å². The fourth-order valence-corrected chi connectivity index (χ4v) is 2.90. The van der Waals surface area contributed by atoms with Gasteiger partial charge in [0, 0.05) is 10.9 Å². The smallest absolute Gasteiger partial charge is 0.143 e. The molecule has 19 heavy (non-hydrogen) atoms. The summed E-state index contributed by atoms with van der Waals surface area (Å²) in [5.41, 5.74) is 6.42. The molecule has 0 aliphatic carbocycles. The van der Waals surface area contributed by atoms with Gasteiger partial charge in [0.1, 0.15) is 18.2 Å². The maximum Gasteiger partial charge on any atom is 0.143 e. The number of nitrogens with two attached hydrogens (primary N) is 1. The number of ether oxygens (including phenoxy) is 1. The van der Waals surface area contributed by atoms with Crippen molar-refractivity contribution in [3.8, 4) is 5.75 Å². The molecule has 0 spiro atoms. The van der Waals surface area contributed by atoms with Crippen molar-refractivity contribution in [1.29, 1.82) is 0 Å². The van der Waals surface area contributed by atoms with Crippen LogP contribution in [0.5, 0.6) is 5.75 Å². The molecule has 0 atom stereocenters. The van der Waals surface area contributed by atoms with Crippen molar-refractivity contribution in [1.82, 2.24) is 0 Å². The van der Waals surface area contributed by atoms with Gasteiger partial charge in [0.15, 0.2) is 0 Å². The third-order valence-corrected chi connectivity index (χ3v) is 4.40. The second kappa shape index (κ2) is 6.58. The molecule has 1 heterocycles. The van der Waals surface area contributed by atoms with Crippen LogP contribution in [0.3, 0.4) is 0 Å². The zero-order chi connectivity index (χ0) is 13.7. The molecule has 100 valence electrons. The van der Waals surface area contributed by atoms with Crippen LogP contribution in [0.1, 0.15) is 10.4 Å². The molecule has 2 rings (SSSR count). The first-order valence-corrected chi connectivity index (χ1v) is 7.26. The lowest BCUT2D eigenvalue weighted by molar-refractivity contribution is 0.309. The van der Waals surface area contributed by atoms with Crippen LogP contribution in [0.4, 0.5) is 0 Å². The molecule has 0 saturated carbocycles. The number of amidine groups is 1. The molecule has 0 aliphatic heterocycles. The summed E-state index contributed by atoms with van der Waals surface area (Å²) >= 11 is 5.12. The van der Waals surface area contributed by atoms with Gasteiger partial charge in [-0.05, 0) is 45.1 Å². The molecular formula is C13H13BrN2O2S. The Hall–Kier alpha value is -1.53. The predicted octanol–water partition coefficient (Wildman–Crippen LogP) is 3.38. The summed E-state index contributed by atoms with van der Waals surface area (Å²) in [6.07, 6.45) is 0.424. The second-order valence-corrected chi connectivity index (χ2v) is 5.75. The monoisotopic (exact) mass is 340 g/mol. The maximum absolute atomic E-state index is 8.50. The Kier molecular flexibility index (Phi) is 4.81. The highest BCUT2D eigenvalue weighted by atomic mass is 79.9. The molecular weight excluding hydrogens is 328 g/mol. The van der Waals surface area contributed by atoms with Crippen molar-refractivity contribution in [2.75, 3.05) is 0 Å². The second-order valence-electron chi connectivity index (χ2n) is 3.89. The van der Waals surface area contributed by atoms with Gasteiger partial charge < -0.3 is 15.7 Å². The van der Waals surface area contributed by atoms with Crippen LogP contribution in [-0.2, 0) is 13.0 Å². The van der Waals surface area contributed by atoms with E-state index >= 15 is 0 Å². The summed E-state index contributed by atoms with van der Waals surface area (Å²) in [5.74, 6) is 0.986. The lowest BCUT2D eigenvalue weighted by Crippen LogP contribution is -2.14. The van der Waals surface area contributed by atoms with E-state index < -0.39 is 0 Å². The zero-order valence-electron chi connectivity index (χ0n) is 10.0. The van der Waals surface area contributed by atoms with Crippen molar-refractivity contribution < 1.29 is 9.94 Å². The molecule has 1 aromatic heterocycles. The third kappa shape index (κ3) is 3.97. The largest absolute Gasteiger partial charge is 0.488 e. The van der Waals surface area contributed by atoms with Crippen LogP contribution in [0.25, 0.3) is 0 Å². The third-order valence-electron chi connectivity index (χ3n) is 2.50. The molecule has 2 aromatic rings. The number of nitrogens with zero attached hydrogens (tertiary/aromatic N) is 1. The molecule has 0 amide bonds. The number of hydrogen-bond donors (Lipinski definition) is 2. The Bertz CT molecular complexity index is 566. The number of hydrogen-bond acceptors (Lipinski definition) is 4. The van der Waals surface area contributed by atoms with E-state index in [1.165, 1.54) is 0 Å². The average Bonchev–Trinajstić information content (AvgIpc) is 2.83.